The first-order chi connectivity index (χ1) is 7.00. The zero-order valence-electron chi connectivity index (χ0n) is 8.95. The Labute approximate surface area is 89.1 Å². The van der Waals surface area contributed by atoms with Gasteiger partial charge in [-0.25, -0.2) is 0 Å². The van der Waals surface area contributed by atoms with E-state index in [0.717, 1.165) is 5.56 Å². The molecule has 4 N–H and O–H groups in total. The quantitative estimate of drug-likeness (QED) is 0.640. The summed E-state index contributed by atoms with van der Waals surface area (Å²) in [6, 6.07) is 5.28. The normalized spacial score (nSPS) is 12.2. The van der Waals surface area contributed by atoms with Crippen molar-refractivity contribution in [3.05, 3.63) is 29.3 Å². The van der Waals surface area contributed by atoms with Crippen LogP contribution >= 0.6 is 0 Å². The molecule has 0 radical (unpaired) electrons. The molecule has 1 atom stereocenters. The van der Waals surface area contributed by atoms with Crippen molar-refractivity contribution in [1.29, 1.82) is 0 Å². The third-order valence-electron chi connectivity index (χ3n) is 2.01. The maximum Gasteiger partial charge on any atom is 0.253 e. The number of carbonyl (C=O) groups excluding carboxylic acids is 1. The second-order valence-electron chi connectivity index (χ2n) is 3.65. The van der Waals surface area contributed by atoms with Crippen LogP contribution in [0, 0.1) is 6.92 Å². The topological polar surface area (TPSA) is 75.4 Å². The molecule has 1 aromatic carbocycles. The highest BCUT2D eigenvalue weighted by Crippen LogP contribution is 2.13. The van der Waals surface area contributed by atoms with Crippen LogP contribution in [0.4, 0.5) is 5.69 Å². The van der Waals surface area contributed by atoms with Gasteiger partial charge in [0.05, 0.1) is 11.7 Å². The molecule has 82 valence electrons. The van der Waals surface area contributed by atoms with Crippen LogP contribution in [0.5, 0.6) is 0 Å². The smallest absolute Gasteiger partial charge is 0.253 e. The number of anilines is 1. The highest BCUT2D eigenvalue weighted by molar-refractivity contribution is 5.99. The van der Waals surface area contributed by atoms with E-state index in [2.05, 4.69) is 5.32 Å². The zero-order valence-corrected chi connectivity index (χ0v) is 8.95. The van der Waals surface area contributed by atoms with Gasteiger partial charge in [-0.15, -0.1) is 0 Å². The summed E-state index contributed by atoms with van der Waals surface area (Å²) in [6.07, 6.45) is -0.556. The minimum Gasteiger partial charge on any atom is -0.398 e. The summed E-state index contributed by atoms with van der Waals surface area (Å²) in [5.74, 6) is -0.253. The molecule has 0 heterocycles. The lowest BCUT2D eigenvalue weighted by Gasteiger charge is -2.09. The van der Waals surface area contributed by atoms with Gasteiger partial charge in [-0.3, -0.25) is 4.79 Å². The van der Waals surface area contributed by atoms with Crippen LogP contribution in [0.1, 0.15) is 22.8 Å². The summed E-state index contributed by atoms with van der Waals surface area (Å²) < 4.78 is 0. The monoisotopic (exact) mass is 208 g/mol. The zero-order chi connectivity index (χ0) is 11.4. The van der Waals surface area contributed by atoms with Crippen molar-refractivity contribution in [2.45, 2.75) is 20.0 Å². The number of hydrogen-bond donors (Lipinski definition) is 3. The van der Waals surface area contributed by atoms with Gasteiger partial charge in [-0.2, -0.15) is 0 Å². The highest BCUT2D eigenvalue weighted by atomic mass is 16.3. The molecule has 0 aliphatic carbocycles. The Morgan fingerprint density at radius 1 is 1.60 bits per heavy atom. The average Bonchev–Trinajstić information content (AvgIpc) is 2.18. The fourth-order valence-corrected chi connectivity index (χ4v) is 1.20. The summed E-state index contributed by atoms with van der Waals surface area (Å²) in [6.45, 7) is 3.73. The number of nitrogens with one attached hydrogen (secondary N) is 1. The molecular formula is C11H16N2O2. The molecule has 1 rings (SSSR count). The number of rotatable bonds is 3. The number of carbonyl (C=O) groups is 1. The molecule has 0 aromatic heterocycles. The van der Waals surface area contributed by atoms with Crippen LogP contribution in [0.15, 0.2) is 18.2 Å². The fraction of sp³-hybridized carbons (Fsp3) is 0.364. The van der Waals surface area contributed by atoms with Crippen LogP contribution < -0.4 is 11.1 Å². The molecule has 0 unspecified atom stereocenters. The van der Waals surface area contributed by atoms with E-state index in [4.69, 9.17) is 10.8 Å². The molecule has 0 aliphatic heterocycles. The summed E-state index contributed by atoms with van der Waals surface area (Å²) in [7, 11) is 0. The largest absolute Gasteiger partial charge is 0.398 e. The minimum atomic E-state index is -0.556. The Balaban J connectivity index is 2.77. The average molecular weight is 208 g/mol. The van der Waals surface area contributed by atoms with E-state index in [1.54, 1.807) is 19.1 Å². The molecule has 0 fully saturated rings. The Morgan fingerprint density at radius 2 is 2.27 bits per heavy atom. The van der Waals surface area contributed by atoms with Crippen molar-refractivity contribution in [2.24, 2.45) is 0 Å². The van der Waals surface area contributed by atoms with Crippen molar-refractivity contribution in [3.8, 4) is 0 Å². The van der Waals surface area contributed by atoms with Gasteiger partial charge in [0.25, 0.3) is 5.91 Å². The number of aryl methyl sites for hydroxylation is 1. The Bertz CT molecular complexity index is 362. The van der Waals surface area contributed by atoms with Crippen LogP contribution in [-0.4, -0.2) is 23.7 Å². The molecule has 15 heavy (non-hydrogen) atoms. The maximum absolute atomic E-state index is 11.6. The Hall–Kier alpha value is -1.55. The van der Waals surface area contributed by atoms with E-state index < -0.39 is 6.10 Å². The molecule has 1 aromatic rings. The first kappa shape index (κ1) is 11.5. The van der Waals surface area contributed by atoms with Gasteiger partial charge >= 0.3 is 0 Å². The first-order valence-electron chi connectivity index (χ1n) is 4.83. The van der Waals surface area contributed by atoms with E-state index in [1.807, 2.05) is 13.0 Å². The molecule has 0 saturated carbocycles. The van der Waals surface area contributed by atoms with Crippen LogP contribution in [-0.2, 0) is 0 Å². The summed E-state index contributed by atoms with van der Waals surface area (Å²) in [5, 5.41) is 11.6. The van der Waals surface area contributed by atoms with Gasteiger partial charge in [0.15, 0.2) is 0 Å². The van der Waals surface area contributed by atoms with Gasteiger partial charge in [0.1, 0.15) is 0 Å². The molecule has 4 heteroatoms. The van der Waals surface area contributed by atoms with Gasteiger partial charge in [-0.1, -0.05) is 11.6 Å². The third-order valence-corrected chi connectivity index (χ3v) is 2.01. The van der Waals surface area contributed by atoms with Crippen molar-refractivity contribution in [3.63, 3.8) is 0 Å². The van der Waals surface area contributed by atoms with Crippen molar-refractivity contribution in [2.75, 3.05) is 12.3 Å². The lowest BCUT2D eigenvalue weighted by molar-refractivity contribution is 0.0925. The molecule has 0 saturated heterocycles. The van der Waals surface area contributed by atoms with E-state index in [0.29, 0.717) is 11.3 Å². The second-order valence-corrected chi connectivity index (χ2v) is 3.65. The van der Waals surface area contributed by atoms with Gasteiger partial charge in [0, 0.05) is 12.2 Å². The number of aliphatic hydroxyl groups excluding tert-OH is 1. The van der Waals surface area contributed by atoms with Gasteiger partial charge < -0.3 is 16.2 Å². The van der Waals surface area contributed by atoms with Gasteiger partial charge in [0.2, 0.25) is 0 Å². The predicted octanol–water partition coefficient (Wildman–Crippen LogP) is 0.688. The molecular weight excluding hydrogens is 192 g/mol. The predicted molar refractivity (Wildman–Crippen MR) is 59.6 cm³/mol. The van der Waals surface area contributed by atoms with Crippen LogP contribution in [0.2, 0.25) is 0 Å². The second kappa shape index (κ2) is 4.79. The minimum absolute atomic E-state index is 0.228. The molecule has 0 bridgehead atoms. The molecule has 0 spiro atoms. The Morgan fingerprint density at radius 3 is 2.87 bits per heavy atom. The first-order valence-corrected chi connectivity index (χ1v) is 4.83. The van der Waals surface area contributed by atoms with E-state index in [-0.39, 0.29) is 12.5 Å². The molecule has 4 nitrogen and oxygen atoms in total. The maximum atomic E-state index is 11.6. The number of nitrogens with two attached hydrogens (primary N) is 1. The molecule has 1 amide bonds. The lowest BCUT2D eigenvalue weighted by Crippen LogP contribution is -2.31. The number of aliphatic hydroxyl groups is 1. The Kier molecular flexibility index (Phi) is 3.68. The summed E-state index contributed by atoms with van der Waals surface area (Å²) in [4.78, 5) is 11.6. The SMILES string of the molecule is Cc1ccc(N)c(C(=O)NC[C@H](C)O)c1. The lowest BCUT2D eigenvalue weighted by atomic mass is 10.1. The number of nitrogen functional groups attached to an aromatic ring is 1. The number of hydrogen-bond acceptors (Lipinski definition) is 3. The molecule has 0 aliphatic rings. The highest BCUT2D eigenvalue weighted by Gasteiger charge is 2.09. The van der Waals surface area contributed by atoms with Gasteiger partial charge in [-0.05, 0) is 26.0 Å². The number of benzene rings is 1. The van der Waals surface area contributed by atoms with Crippen molar-refractivity contribution < 1.29 is 9.90 Å². The standard InChI is InChI=1S/C11H16N2O2/c1-7-3-4-10(12)9(5-7)11(15)13-6-8(2)14/h3-5,8,14H,6,12H2,1-2H3,(H,13,15)/t8-/m0/s1. The van der Waals surface area contributed by atoms with Crippen LogP contribution in [0.25, 0.3) is 0 Å². The number of amides is 1. The van der Waals surface area contributed by atoms with Crippen molar-refractivity contribution >= 4 is 11.6 Å². The van der Waals surface area contributed by atoms with E-state index >= 15 is 0 Å². The third kappa shape index (κ3) is 3.25. The summed E-state index contributed by atoms with van der Waals surface area (Å²) >= 11 is 0. The summed E-state index contributed by atoms with van der Waals surface area (Å²) in [5.41, 5.74) is 7.55. The van der Waals surface area contributed by atoms with Crippen LogP contribution in [0.3, 0.4) is 0 Å². The van der Waals surface area contributed by atoms with E-state index in [9.17, 15) is 4.79 Å². The van der Waals surface area contributed by atoms with Crippen molar-refractivity contribution in [1.82, 2.24) is 5.32 Å². The van der Waals surface area contributed by atoms with E-state index in [1.165, 1.54) is 0 Å². The fourth-order valence-electron chi connectivity index (χ4n) is 1.20.